The van der Waals surface area contributed by atoms with Crippen molar-refractivity contribution >= 4 is 17.0 Å². The monoisotopic (exact) mass is 304 g/mol. The molecule has 0 aliphatic heterocycles. The lowest BCUT2D eigenvalue weighted by molar-refractivity contribution is 0.199. The van der Waals surface area contributed by atoms with E-state index >= 15 is 0 Å². The molecule has 0 saturated carbocycles. The molecule has 3 aromatic heterocycles. The van der Waals surface area contributed by atoms with Crippen molar-refractivity contribution in [3.8, 4) is 0 Å². The third kappa shape index (κ3) is 2.89. The van der Waals surface area contributed by atoms with Gasteiger partial charge in [-0.05, 0) is 0 Å². The molecule has 3 rings (SSSR count). The Bertz CT molecular complexity index is 768. The topological polar surface area (TPSA) is 103 Å². The largest absolute Gasteiger partial charge is 0.422 e. The lowest BCUT2D eigenvalue weighted by Crippen LogP contribution is -2.18. The fourth-order valence-electron chi connectivity index (χ4n) is 2.05. The second kappa shape index (κ2) is 6.06. The molecule has 0 unspecified atom stereocenters. The van der Waals surface area contributed by atoms with Crippen molar-refractivity contribution in [2.45, 2.75) is 19.9 Å². The minimum absolute atomic E-state index is 0.415. The summed E-state index contributed by atoms with van der Waals surface area (Å²) in [6.45, 7) is 2.74. The molecule has 9 heteroatoms. The Kier molecular flexibility index (Phi) is 3.96. The van der Waals surface area contributed by atoms with Gasteiger partial charge in [0.05, 0.1) is 13.2 Å². The molecule has 0 fully saturated rings. The number of hydrogen-bond donors (Lipinski definition) is 0. The third-order valence-electron chi connectivity index (χ3n) is 3.06. The minimum Gasteiger partial charge on any atom is -0.422 e. The van der Waals surface area contributed by atoms with Gasteiger partial charge in [-0.15, -0.1) is 0 Å². The number of fused-ring (bicyclic) bond motifs is 1. The average Bonchev–Trinajstić information content (AvgIpc) is 3.09. The van der Waals surface area contributed by atoms with Crippen LogP contribution in [-0.4, -0.2) is 45.9 Å². The summed E-state index contributed by atoms with van der Waals surface area (Å²) in [5.74, 6) is 2.32. The highest BCUT2D eigenvalue weighted by atomic mass is 16.5. The molecule has 0 radical (unpaired) electrons. The van der Waals surface area contributed by atoms with Crippen molar-refractivity contribution in [3.63, 3.8) is 0 Å². The molecule has 3 aromatic rings. The van der Waals surface area contributed by atoms with Crippen LogP contribution in [0.2, 0.25) is 0 Å². The first-order valence-corrected chi connectivity index (χ1v) is 6.77. The highest BCUT2D eigenvalue weighted by Crippen LogP contribution is 2.22. The van der Waals surface area contributed by atoms with Gasteiger partial charge in [-0.1, -0.05) is 5.16 Å². The van der Waals surface area contributed by atoms with Gasteiger partial charge in [-0.2, -0.15) is 9.97 Å². The number of methoxy groups -OCH3 is 1. The van der Waals surface area contributed by atoms with Crippen molar-refractivity contribution in [1.82, 2.24) is 25.1 Å². The van der Waals surface area contributed by atoms with Gasteiger partial charge in [-0.3, -0.25) is 0 Å². The Morgan fingerprint density at radius 1 is 1.27 bits per heavy atom. The summed E-state index contributed by atoms with van der Waals surface area (Å²) in [5, 5.41) is 3.91. The second-order valence-corrected chi connectivity index (χ2v) is 4.79. The summed E-state index contributed by atoms with van der Waals surface area (Å²) in [7, 11) is 3.50. The van der Waals surface area contributed by atoms with E-state index in [0.717, 1.165) is 0 Å². The first kappa shape index (κ1) is 14.4. The number of anilines is 1. The number of ether oxygens (including phenoxy) is 1. The van der Waals surface area contributed by atoms with Gasteiger partial charge in [0.1, 0.15) is 6.33 Å². The molecular formula is C13H16N6O3. The number of rotatable bonds is 6. The third-order valence-corrected chi connectivity index (χ3v) is 3.06. The Hall–Kier alpha value is -2.55. The highest BCUT2D eigenvalue weighted by Gasteiger charge is 2.16. The van der Waals surface area contributed by atoms with Gasteiger partial charge in [0.2, 0.25) is 5.89 Å². The van der Waals surface area contributed by atoms with Crippen molar-refractivity contribution in [2.75, 3.05) is 25.7 Å². The zero-order valence-corrected chi connectivity index (χ0v) is 12.6. The van der Waals surface area contributed by atoms with Crippen molar-refractivity contribution in [1.29, 1.82) is 0 Å². The van der Waals surface area contributed by atoms with Crippen LogP contribution in [0.4, 0.5) is 5.82 Å². The Morgan fingerprint density at radius 2 is 2.14 bits per heavy atom. The molecule has 0 amide bonds. The van der Waals surface area contributed by atoms with Crippen LogP contribution in [0, 0.1) is 6.92 Å². The van der Waals surface area contributed by atoms with E-state index in [-0.39, 0.29) is 0 Å². The molecule has 0 aromatic carbocycles. The van der Waals surface area contributed by atoms with Crippen molar-refractivity contribution in [2.24, 2.45) is 0 Å². The molecule has 0 atom stereocenters. The summed E-state index contributed by atoms with van der Waals surface area (Å²) < 4.78 is 15.6. The molecular weight excluding hydrogens is 288 g/mol. The standard InChI is InChI=1S/C13H16N6O3/c1-8-16-11-12(14-7-15-13(11)21-8)19(2)6-10-17-9(18-22-10)4-5-20-3/h7H,4-6H2,1-3H3. The first-order chi connectivity index (χ1) is 10.7. The summed E-state index contributed by atoms with van der Waals surface area (Å²) in [6.07, 6.45) is 2.06. The number of aryl methyl sites for hydroxylation is 1. The van der Waals surface area contributed by atoms with Gasteiger partial charge in [0.15, 0.2) is 23.0 Å². The van der Waals surface area contributed by atoms with Crippen LogP contribution in [0.3, 0.4) is 0 Å². The van der Waals surface area contributed by atoms with E-state index < -0.39 is 0 Å². The molecule has 0 aliphatic rings. The predicted octanol–water partition coefficient (Wildman–Crippen LogP) is 1.13. The zero-order chi connectivity index (χ0) is 15.5. The van der Waals surface area contributed by atoms with E-state index in [2.05, 4.69) is 25.1 Å². The number of nitrogens with zero attached hydrogens (tertiary/aromatic N) is 6. The van der Waals surface area contributed by atoms with Crippen LogP contribution >= 0.6 is 0 Å². The number of aromatic nitrogens is 5. The maximum Gasteiger partial charge on any atom is 0.252 e. The van der Waals surface area contributed by atoms with Crippen molar-refractivity contribution in [3.05, 3.63) is 23.9 Å². The minimum atomic E-state index is 0.415. The molecule has 0 aliphatic carbocycles. The first-order valence-electron chi connectivity index (χ1n) is 6.77. The molecule has 0 N–H and O–H groups in total. The SMILES string of the molecule is COCCc1noc(CN(C)c2ncnc3oc(C)nc23)n1. The quantitative estimate of drug-likeness (QED) is 0.662. The van der Waals surface area contributed by atoms with Crippen LogP contribution < -0.4 is 4.90 Å². The van der Waals surface area contributed by atoms with Crippen LogP contribution in [0.15, 0.2) is 15.3 Å². The highest BCUT2D eigenvalue weighted by molar-refractivity contribution is 5.81. The molecule has 0 bridgehead atoms. The van der Waals surface area contributed by atoms with Crippen molar-refractivity contribution < 1.29 is 13.7 Å². The van der Waals surface area contributed by atoms with Crippen LogP contribution in [0.5, 0.6) is 0 Å². The van der Waals surface area contributed by atoms with Crippen LogP contribution in [-0.2, 0) is 17.7 Å². The summed E-state index contributed by atoms with van der Waals surface area (Å²) >= 11 is 0. The molecule has 9 nitrogen and oxygen atoms in total. The van der Waals surface area contributed by atoms with Crippen LogP contribution in [0.1, 0.15) is 17.6 Å². The van der Waals surface area contributed by atoms with Gasteiger partial charge in [0, 0.05) is 27.5 Å². The van der Waals surface area contributed by atoms with E-state index in [4.69, 9.17) is 13.7 Å². The Morgan fingerprint density at radius 3 is 2.95 bits per heavy atom. The van der Waals surface area contributed by atoms with Crippen LogP contribution in [0.25, 0.3) is 11.2 Å². The summed E-state index contributed by atoms with van der Waals surface area (Å²) in [5.41, 5.74) is 1.07. The molecule has 22 heavy (non-hydrogen) atoms. The van der Waals surface area contributed by atoms with Gasteiger partial charge < -0.3 is 18.6 Å². The average molecular weight is 304 g/mol. The van der Waals surface area contributed by atoms with E-state index in [1.54, 1.807) is 14.0 Å². The van der Waals surface area contributed by atoms with E-state index in [9.17, 15) is 0 Å². The van der Waals surface area contributed by atoms with E-state index in [1.165, 1.54) is 6.33 Å². The summed E-state index contributed by atoms with van der Waals surface area (Å²) in [4.78, 5) is 18.8. The smallest absolute Gasteiger partial charge is 0.252 e. The zero-order valence-electron chi connectivity index (χ0n) is 12.6. The maximum absolute atomic E-state index is 5.40. The van der Waals surface area contributed by atoms with Gasteiger partial charge in [0.25, 0.3) is 5.71 Å². The Labute approximate surface area is 126 Å². The fourth-order valence-corrected chi connectivity index (χ4v) is 2.05. The predicted molar refractivity (Wildman–Crippen MR) is 76.3 cm³/mol. The van der Waals surface area contributed by atoms with Gasteiger partial charge in [-0.25, -0.2) is 9.97 Å². The lowest BCUT2D eigenvalue weighted by atomic mass is 10.4. The molecule has 0 saturated heterocycles. The second-order valence-electron chi connectivity index (χ2n) is 4.79. The van der Waals surface area contributed by atoms with E-state index in [0.29, 0.717) is 54.2 Å². The number of hydrogen-bond acceptors (Lipinski definition) is 9. The summed E-state index contributed by atoms with van der Waals surface area (Å²) in [6, 6.07) is 0. The lowest BCUT2D eigenvalue weighted by Gasteiger charge is -2.14. The number of oxazole rings is 1. The fraction of sp³-hybridized carbons (Fsp3) is 0.462. The van der Waals surface area contributed by atoms with E-state index in [1.807, 2.05) is 11.9 Å². The Balaban J connectivity index is 1.78. The van der Waals surface area contributed by atoms with Gasteiger partial charge >= 0.3 is 0 Å². The molecule has 0 spiro atoms. The maximum atomic E-state index is 5.40. The molecule has 116 valence electrons. The molecule has 3 heterocycles. The normalized spacial score (nSPS) is 11.2.